The van der Waals surface area contributed by atoms with Gasteiger partial charge in [0, 0.05) is 24.6 Å². The van der Waals surface area contributed by atoms with Gasteiger partial charge in [-0.2, -0.15) is 0 Å². The molecule has 1 unspecified atom stereocenters. The zero-order valence-corrected chi connectivity index (χ0v) is 22.5. The van der Waals surface area contributed by atoms with Crippen LogP contribution in [0.5, 0.6) is 0 Å². The van der Waals surface area contributed by atoms with Gasteiger partial charge in [0.15, 0.2) is 5.76 Å². The van der Waals surface area contributed by atoms with E-state index in [1.807, 2.05) is 58.0 Å². The molecule has 2 aromatic carbocycles. The summed E-state index contributed by atoms with van der Waals surface area (Å²) in [5.74, 6) is 0.457. The van der Waals surface area contributed by atoms with Crippen molar-refractivity contribution in [3.63, 3.8) is 0 Å². The third-order valence-electron chi connectivity index (χ3n) is 7.26. The van der Waals surface area contributed by atoms with Crippen LogP contribution < -0.4 is 0 Å². The van der Waals surface area contributed by atoms with Gasteiger partial charge < -0.3 is 14.3 Å². The molecule has 0 saturated carbocycles. The maximum atomic E-state index is 14.6. The Morgan fingerprint density at radius 2 is 1.89 bits per heavy atom. The molecule has 0 fully saturated rings. The number of nitrogens with zero attached hydrogens (tertiary/aromatic N) is 3. The first-order valence-electron chi connectivity index (χ1n) is 13.4. The lowest BCUT2D eigenvalue weighted by atomic mass is 9.85. The first kappa shape index (κ1) is 26.3. The molecule has 6 nitrogen and oxygen atoms in total. The number of benzene rings is 2. The summed E-state index contributed by atoms with van der Waals surface area (Å²) >= 11 is 0. The number of halogens is 1. The van der Waals surface area contributed by atoms with Gasteiger partial charge in [-0.25, -0.2) is 4.39 Å². The van der Waals surface area contributed by atoms with Crippen LogP contribution in [0.15, 0.2) is 76.7 Å². The summed E-state index contributed by atoms with van der Waals surface area (Å²) in [5.41, 5.74) is 3.61. The van der Waals surface area contributed by atoms with Crippen LogP contribution in [-0.2, 0) is 24.1 Å². The topological polar surface area (TPSA) is 71.6 Å². The number of aliphatic hydroxyl groups is 1. The molecular formula is C31H36FN3O3. The van der Waals surface area contributed by atoms with Gasteiger partial charge in [0.1, 0.15) is 11.6 Å². The molecule has 5 rings (SSSR count). The molecule has 2 aliphatic rings. The van der Waals surface area contributed by atoms with Crippen LogP contribution in [0, 0.1) is 0 Å². The molecule has 0 spiro atoms. The van der Waals surface area contributed by atoms with Crippen molar-refractivity contribution in [1.29, 1.82) is 0 Å². The van der Waals surface area contributed by atoms with Crippen molar-refractivity contribution in [2.75, 3.05) is 0 Å². The molecule has 0 bridgehead atoms. The summed E-state index contributed by atoms with van der Waals surface area (Å²) in [7, 11) is 0. The average Bonchev–Trinajstić information content (AvgIpc) is 3.38. The van der Waals surface area contributed by atoms with Gasteiger partial charge in [0.05, 0.1) is 12.0 Å². The minimum atomic E-state index is -0.950. The van der Waals surface area contributed by atoms with E-state index in [2.05, 4.69) is 39.4 Å². The predicted molar refractivity (Wildman–Crippen MR) is 145 cm³/mol. The monoisotopic (exact) mass is 517 g/mol. The van der Waals surface area contributed by atoms with E-state index in [9.17, 15) is 9.50 Å². The molecule has 2 aliphatic carbocycles. The number of aromatic nitrogens is 2. The fourth-order valence-corrected chi connectivity index (χ4v) is 5.37. The van der Waals surface area contributed by atoms with E-state index < -0.39 is 5.72 Å². The van der Waals surface area contributed by atoms with Crippen LogP contribution in [0.3, 0.4) is 0 Å². The number of aryl methyl sites for hydroxylation is 1. The molecular weight excluding hydrogens is 481 g/mol. The summed E-state index contributed by atoms with van der Waals surface area (Å²) in [6.45, 7) is 8.14. The van der Waals surface area contributed by atoms with Gasteiger partial charge in [0.2, 0.25) is 11.8 Å². The average molecular weight is 518 g/mol. The second-order valence-electron chi connectivity index (χ2n) is 11.0. The minimum absolute atomic E-state index is 0.0931. The molecule has 38 heavy (non-hydrogen) atoms. The van der Waals surface area contributed by atoms with E-state index in [1.54, 1.807) is 6.08 Å². The van der Waals surface area contributed by atoms with Crippen molar-refractivity contribution in [2.24, 2.45) is 0 Å². The Labute approximate surface area is 223 Å². The Morgan fingerprint density at radius 1 is 1.11 bits per heavy atom. The van der Waals surface area contributed by atoms with E-state index in [1.165, 1.54) is 16.7 Å². The van der Waals surface area contributed by atoms with Crippen LogP contribution in [0.1, 0.15) is 69.0 Å². The Kier molecular flexibility index (Phi) is 7.50. The van der Waals surface area contributed by atoms with Crippen molar-refractivity contribution in [1.82, 2.24) is 15.1 Å². The smallest absolute Gasteiger partial charge is 0.247 e. The first-order chi connectivity index (χ1) is 18.2. The Morgan fingerprint density at radius 3 is 2.61 bits per heavy atom. The number of rotatable bonds is 8. The maximum Gasteiger partial charge on any atom is 0.247 e. The predicted octanol–water partition coefficient (Wildman–Crippen LogP) is 6.47. The van der Waals surface area contributed by atoms with E-state index in [4.69, 9.17) is 9.15 Å². The molecule has 7 heteroatoms. The zero-order chi connectivity index (χ0) is 26.9. The molecule has 3 aromatic rings. The van der Waals surface area contributed by atoms with Crippen molar-refractivity contribution >= 4 is 0 Å². The fourth-order valence-electron chi connectivity index (χ4n) is 5.37. The SMILES string of the molecule is CC(C)OC1=C(F)CC(c2nnc(-c3ccc4c(c3)C[C@@H](N(Cc3ccccc3)C(C)(C)O)CC4)o2)C=C1. The third-order valence-corrected chi connectivity index (χ3v) is 7.26. The Balaban J connectivity index is 1.33. The summed E-state index contributed by atoms with van der Waals surface area (Å²) in [5, 5.41) is 19.5. The lowest BCUT2D eigenvalue weighted by Crippen LogP contribution is -2.51. The number of hydrogen-bond donors (Lipinski definition) is 1. The molecule has 1 aromatic heterocycles. The summed E-state index contributed by atoms with van der Waals surface area (Å²) < 4.78 is 26.1. The summed E-state index contributed by atoms with van der Waals surface area (Å²) in [6, 6.07) is 16.7. The molecule has 0 amide bonds. The van der Waals surface area contributed by atoms with Gasteiger partial charge in [0.25, 0.3) is 0 Å². The highest BCUT2D eigenvalue weighted by atomic mass is 19.1. The normalized spacial score (nSPS) is 19.8. The van der Waals surface area contributed by atoms with E-state index in [0.29, 0.717) is 18.3 Å². The minimum Gasteiger partial charge on any atom is -0.488 e. The van der Waals surface area contributed by atoms with Crippen LogP contribution in [0.25, 0.3) is 11.5 Å². The van der Waals surface area contributed by atoms with E-state index >= 15 is 0 Å². The van der Waals surface area contributed by atoms with Crippen LogP contribution >= 0.6 is 0 Å². The molecule has 1 heterocycles. The van der Waals surface area contributed by atoms with Crippen molar-refractivity contribution in [3.8, 4) is 11.5 Å². The number of allylic oxidation sites excluding steroid dienone is 3. The zero-order valence-electron chi connectivity index (χ0n) is 22.5. The highest BCUT2D eigenvalue weighted by Gasteiger charge is 2.33. The van der Waals surface area contributed by atoms with E-state index in [0.717, 1.165) is 24.8 Å². The first-order valence-corrected chi connectivity index (χ1v) is 13.4. The molecule has 0 radical (unpaired) electrons. The van der Waals surface area contributed by atoms with Gasteiger partial charge in [-0.3, -0.25) is 4.90 Å². The van der Waals surface area contributed by atoms with Crippen molar-refractivity contribution < 1.29 is 18.7 Å². The Bertz CT molecular complexity index is 1320. The molecule has 2 atom stereocenters. The van der Waals surface area contributed by atoms with Crippen molar-refractivity contribution in [3.05, 3.63) is 94.9 Å². The molecule has 0 aliphatic heterocycles. The molecule has 0 saturated heterocycles. The van der Waals surface area contributed by atoms with Crippen LogP contribution in [0.4, 0.5) is 4.39 Å². The number of hydrogen-bond acceptors (Lipinski definition) is 6. The van der Waals surface area contributed by atoms with Crippen LogP contribution in [-0.4, -0.2) is 38.1 Å². The highest BCUT2D eigenvalue weighted by molar-refractivity contribution is 5.56. The third kappa shape index (κ3) is 5.89. The van der Waals surface area contributed by atoms with Gasteiger partial charge >= 0.3 is 0 Å². The number of fused-ring (bicyclic) bond motifs is 1. The lowest BCUT2D eigenvalue weighted by molar-refractivity contribution is -0.109. The van der Waals surface area contributed by atoms with Gasteiger partial charge in [-0.1, -0.05) is 42.5 Å². The molecule has 200 valence electrons. The van der Waals surface area contributed by atoms with E-state index in [-0.39, 0.29) is 36.1 Å². The second kappa shape index (κ2) is 10.8. The van der Waals surface area contributed by atoms with Crippen LogP contribution in [0.2, 0.25) is 0 Å². The standard InChI is InChI=1S/C31H36FN3O3/c1-20(2)37-28-15-13-24(18-27(28)32)30-34-33-29(38-30)23-11-10-22-12-14-26(17-25(22)16-23)35(31(3,4)36)19-21-8-6-5-7-9-21/h5-11,13,15-16,20,24,26,36H,12,14,17-19H2,1-4H3/t24?,26-/m0/s1. The summed E-state index contributed by atoms with van der Waals surface area (Å²) in [6.07, 6.45) is 6.29. The van der Waals surface area contributed by atoms with Crippen molar-refractivity contribution in [2.45, 2.75) is 83.7 Å². The highest BCUT2D eigenvalue weighted by Crippen LogP contribution is 2.35. The molecule has 1 N–H and O–H groups in total. The van der Waals surface area contributed by atoms with Gasteiger partial charge in [-0.05, 0) is 81.9 Å². The van der Waals surface area contributed by atoms with Gasteiger partial charge in [-0.15, -0.1) is 10.2 Å². The summed E-state index contributed by atoms with van der Waals surface area (Å²) in [4.78, 5) is 2.19. The fraction of sp³-hybridized carbons (Fsp3) is 0.419. The Hall–Kier alpha value is -3.29. The quantitative estimate of drug-likeness (QED) is 0.345. The largest absolute Gasteiger partial charge is 0.488 e. The number of ether oxygens (including phenoxy) is 1. The maximum absolute atomic E-state index is 14.6. The lowest BCUT2D eigenvalue weighted by Gasteiger charge is -2.42. The second-order valence-corrected chi connectivity index (χ2v) is 11.0.